The highest BCUT2D eigenvalue weighted by atomic mass is 19.4. The Labute approximate surface area is 144 Å². The molecule has 0 saturated carbocycles. The van der Waals surface area contributed by atoms with Crippen LogP contribution in [0.15, 0.2) is 18.3 Å². The second-order valence-corrected chi connectivity index (χ2v) is 5.52. The Kier molecular flexibility index (Phi) is 7.20. The number of hydrogen-bond donors (Lipinski definition) is 2. The summed E-state index contributed by atoms with van der Waals surface area (Å²) in [5, 5.41) is 3.85. The molecule has 0 spiro atoms. The molecule has 1 rings (SSSR count). The van der Waals surface area contributed by atoms with E-state index in [1.54, 1.807) is 25.2 Å². The molecule has 140 valence electrons. The van der Waals surface area contributed by atoms with Gasteiger partial charge in [0.2, 0.25) is 5.91 Å². The zero-order valence-electron chi connectivity index (χ0n) is 14.4. The first-order valence-electron chi connectivity index (χ1n) is 7.97. The number of hydrogen-bond acceptors (Lipinski definition) is 4. The van der Waals surface area contributed by atoms with E-state index in [1.807, 2.05) is 0 Å². The van der Waals surface area contributed by atoms with Crippen molar-refractivity contribution in [2.45, 2.75) is 51.9 Å². The molecule has 3 N–H and O–H groups in total. The predicted octanol–water partition coefficient (Wildman–Crippen LogP) is 2.35. The minimum atomic E-state index is -5.13. The number of amides is 1. The molecule has 1 amide bonds. The maximum atomic E-state index is 13.8. The van der Waals surface area contributed by atoms with Gasteiger partial charge in [-0.2, -0.15) is 13.2 Å². The lowest BCUT2D eigenvalue weighted by molar-refractivity contribution is -0.363. The fraction of sp³-hybridized carbons (Fsp3) is 0.562. The van der Waals surface area contributed by atoms with E-state index in [0.717, 1.165) is 5.56 Å². The molecule has 0 aliphatic heterocycles. The number of nitrogens with one attached hydrogen (secondary N) is 3. The Hall–Kier alpha value is -2.32. The summed E-state index contributed by atoms with van der Waals surface area (Å²) in [6, 6.07) is 2.90. The molecule has 1 aromatic rings. The molecule has 1 atom stereocenters. The van der Waals surface area contributed by atoms with Gasteiger partial charge in [0.25, 0.3) is 5.82 Å². The van der Waals surface area contributed by atoms with Crippen molar-refractivity contribution < 1.29 is 32.5 Å². The second kappa shape index (κ2) is 8.68. The monoisotopic (exact) mass is 362 g/mol. The Morgan fingerprint density at radius 1 is 1.24 bits per heavy atom. The third kappa shape index (κ3) is 5.33. The summed E-state index contributed by atoms with van der Waals surface area (Å²) in [6.45, 7) is 4.67. The third-order valence-corrected chi connectivity index (χ3v) is 3.38. The van der Waals surface area contributed by atoms with Crippen molar-refractivity contribution in [3.63, 3.8) is 0 Å². The van der Waals surface area contributed by atoms with Gasteiger partial charge in [-0.05, 0) is 31.9 Å². The standard InChI is InChI=1S/C16H22F3N3O3/c1-4-6-7-13(23)22-15(16(17,18)19,14(24)25-5-2)21-12-9-8-11(3)10-20-12/h8-10H,4-7H2,1-3H3,(H,20,21)(H,22,23)/p+1/t15-/m0/s1. The van der Waals surface area contributed by atoms with E-state index < -0.39 is 23.7 Å². The molecule has 25 heavy (non-hydrogen) atoms. The number of H-pyrrole nitrogens is 1. The number of carbonyl (C=O) groups excluding carboxylic acids is 2. The molecule has 0 bridgehead atoms. The molecule has 0 fully saturated rings. The average Bonchev–Trinajstić information content (AvgIpc) is 2.53. The Balaban J connectivity index is 3.26. The van der Waals surface area contributed by atoms with Crippen molar-refractivity contribution in [3.05, 3.63) is 23.9 Å². The first kappa shape index (κ1) is 20.7. The molecule has 1 aromatic heterocycles. The minimum absolute atomic E-state index is 0.0910. The molecular weight excluding hydrogens is 339 g/mol. The molecule has 0 aromatic carbocycles. The van der Waals surface area contributed by atoms with Crippen LogP contribution in [0.25, 0.3) is 0 Å². The summed E-state index contributed by atoms with van der Waals surface area (Å²) in [6.07, 6.45) is -2.76. The number of aromatic nitrogens is 1. The largest absolute Gasteiger partial charge is 0.464 e. The van der Waals surface area contributed by atoms with E-state index in [1.165, 1.54) is 19.2 Å². The molecule has 0 radical (unpaired) electrons. The van der Waals surface area contributed by atoms with Gasteiger partial charge in [0.05, 0.1) is 12.8 Å². The van der Waals surface area contributed by atoms with Crippen molar-refractivity contribution in [1.82, 2.24) is 5.32 Å². The number of pyridine rings is 1. The van der Waals surface area contributed by atoms with Crippen LogP contribution in [-0.2, 0) is 14.3 Å². The lowest BCUT2D eigenvalue weighted by Crippen LogP contribution is -2.69. The summed E-state index contributed by atoms with van der Waals surface area (Å²) in [5.41, 5.74) is -2.59. The molecule has 1 heterocycles. The molecule has 0 aliphatic carbocycles. The van der Waals surface area contributed by atoms with E-state index >= 15 is 0 Å². The maximum absolute atomic E-state index is 13.8. The molecule has 0 unspecified atom stereocenters. The van der Waals surface area contributed by atoms with Gasteiger partial charge in [-0.25, -0.2) is 15.1 Å². The number of esters is 1. The molecular formula is C16H23F3N3O3+. The van der Waals surface area contributed by atoms with Gasteiger partial charge in [0, 0.05) is 12.5 Å². The van der Waals surface area contributed by atoms with E-state index in [9.17, 15) is 22.8 Å². The van der Waals surface area contributed by atoms with Crippen LogP contribution in [-0.4, -0.2) is 30.3 Å². The van der Waals surface area contributed by atoms with Crippen LogP contribution >= 0.6 is 0 Å². The van der Waals surface area contributed by atoms with E-state index in [-0.39, 0.29) is 18.8 Å². The SMILES string of the molecule is CCCCC(=O)N[C@@](Nc1ccc(C)c[nH+]1)(C(=O)OCC)C(F)(F)F. The van der Waals surface area contributed by atoms with Gasteiger partial charge < -0.3 is 4.74 Å². The number of ether oxygens (including phenoxy) is 1. The van der Waals surface area contributed by atoms with Crippen LogP contribution < -0.4 is 15.6 Å². The van der Waals surface area contributed by atoms with Gasteiger partial charge in [0.15, 0.2) is 0 Å². The van der Waals surface area contributed by atoms with Crippen molar-refractivity contribution in [2.75, 3.05) is 11.9 Å². The smallest absolute Gasteiger partial charge is 0.461 e. The Morgan fingerprint density at radius 3 is 2.40 bits per heavy atom. The fourth-order valence-electron chi connectivity index (χ4n) is 2.02. The van der Waals surface area contributed by atoms with E-state index in [0.29, 0.717) is 12.8 Å². The molecule has 6 nitrogen and oxygen atoms in total. The summed E-state index contributed by atoms with van der Waals surface area (Å²) in [7, 11) is 0. The predicted molar refractivity (Wildman–Crippen MR) is 84.4 cm³/mol. The molecule has 0 aliphatic rings. The van der Waals surface area contributed by atoms with Crippen LogP contribution in [0.3, 0.4) is 0 Å². The van der Waals surface area contributed by atoms with Gasteiger partial charge >= 0.3 is 17.8 Å². The van der Waals surface area contributed by atoms with Crippen molar-refractivity contribution in [3.8, 4) is 0 Å². The van der Waals surface area contributed by atoms with E-state index in [2.05, 4.69) is 15.0 Å². The van der Waals surface area contributed by atoms with Crippen LogP contribution in [0.5, 0.6) is 0 Å². The van der Waals surface area contributed by atoms with Crippen LogP contribution in [0.2, 0.25) is 0 Å². The number of halogens is 3. The fourth-order valence-corrected chi connectivity index (χ4v) is 2.02. The lowest BCUT2D eigenvalue weighted by atomic mass is 10.1. The van der Waals surface area contributed by atoms with E-state index in [4.69, 9.17) is 0 Å². The highest BCUT2D eigenvalue weighted by Crippen LogP contribution is 2.32. The second-order valence-electron chi connectivity index (χ2n) is 5.52. The third-order valence-electron chi connectivity index (χ3n) is 3.38. The first-order valence-corrected chi connectivity index (χ1v) is 7.97. The van der Waals surface area contributed by atoms with Gasteiger partial charge in [0.1, 0.15) is 0 Å². The Morgan fingerprint density at radius 2 is 1.92 bits per heavy atom. The lowest BCUT2D eigenvalue weighted by Gasteiger charge is -2.30. The Bertz CT molecular complexity index is 591. The first-order chi connectivity index (χ1) is 11.7. The minimum Gasteiger partial charge on any atom is -0.461 e. The van der Waals surface area contributed by atoms with Crippen molar-refractivity contribution >= 4 is 17.7 Å². The van der Waals surface area contributed by atoms with Gasteiger partial charge in [-0.15, -0.1) is 0 Å². The number of aromatic amines is 1. The van der Waals surface area contributed by atoms with Crippen molar-refractivity contribution in [1.29, 1.82) is 0 Å². The summed E-state index contributed by atoms with van der Waals surface area (Å²) in [4.78, 5) is 26.7. The summed E-state index contributed by atoms with van der Waals surface area (Å²) < 4.78 is 46.0. The van der Waals surface area contributed by atoms with Crippen molar-refractivity contribution in [2.24, 2.45) is 0 Å². The average molecular weight is 362 g/mol. The van der Waals surface area contributed by atoms with Crippen LogP contribution in [0.1, 0.15) is 38.7 Å². The number of rotatable bonds is 8. The highest BCUT2D eigenvalue weighted by molar-refractivity contribution is 5.91. The quantitative estimate of drug-likeness (QED) is 0.549. The molecule has 9 heteroatoms. The van der Waals surface area contributed by atoms with Crippen LogP contribution in [0.4, 0.5) is 19.0 Å². The normalized spacial score (nSPS) is 13.7. The number of carbonyl (C=O) groups is 2. The summed E-state index contributed by atoms with van der Waals surface area (Å²) >= 11 is 0. The molecule has 0 saturated heterocycles. The zero-order valence-corrected chi connectivity index (χ0v) is 14.4. The topological polar surface area (TPSA) is 81.6 Å². The number of aryl methyl sites for hydroxylation is 1. The van der Waals surface area contributed by atoms with Gasteiger partial charge in [-0.1, -0.05) is 13.3 Å². The van der Waals surface area contributed by atoms with Gasteiger partial charge in [-0.3, -0.25) is 10.1 Å². The summed E-state index contributed by atoms with van der Waals surface area (Å²) in [5.74, 6) is -2.61. The maximum Gasteiger partial charge on any atom is 0.464 e. The zero-order chi connectivity index (χ0) is 19.1. The van der Waals surface area contributed by atoms with Crippen LogP contribution in [0, 0.1) is 6.92 Å². The number of unbranched alkanes of at least 4 members (excludes halogenated alkanes) is 1. The number of anilines is 1. The highest BCUT2D eigenvalue weighted by Gasteiger charge is 2.67. The number of alkyl halides is 3.